The normalized spacial score (nSPS) is 18.6. The van der Waals surface area contributed by atoms with Crippen LogP contribution in [-0.4, -0.2) is 13.1 Å². The lowest BCUT2D eigenvalue weighted by Gasteiger charge is -2.35. The highest BCUT2D eigenvalue weighted by Crippen LogP contribution is 2.32. The van der Waals surface area contributed by atoms with Gasteiger partial charge in [-0.3, -0.25) is 0 Å². The van der Waals surface area contributed by atoms with E-state index in [0.29, 0.717) is 0 Å². The first-order valence-corrected chi connectivity index (χ1v) is 7.42. The average molecular weight is 264 g/mol. The first-order chi connectivity index (χ1) is 9.13. The predicted octanol–water partition coefficient (Wildman–Crippen LogP) is 3.86. The molecule has 106 valence electrons. The number of para-hydroxylation sites is 1. The van der Waals surface area contributed by atoms with Crippen molar-refractivity contribution < 1.29 is 4.39 Å². The second-order valence-electron chi connectivity index (χ2n) is 5.69. The summed E-state index contributed by atoms with van der Waals surface area (Å²) < 4.78 is 14.1. The monoisotopic (exact) mass is 264 g/mol. The number of rotatable bonds is 4. The van der Waals surface area contributed by atoms with Crippen LogP contribution in [0.25, 0.3) is 0 Å². The van der Waals surface area contributed by atoms with Gasteiger partial charge >= 0.3 is 0 Å². The van der Waals surface area contributed by atoms with Gasteiger partial charge < -0.3 is 10.6 Å². The van der Waals surface area contributed by atoms with Crippen LogP contribution >= 0.6 is 0 Å². The molecule has 1 aliphatic rings. The van der Waals surface area contributed by atoms with Crippen molar-refractivity contribution in [1.82, 2.24) is 0 Å². The van der Waals surface area contributed by atoms with E-state index in [1.165, 1.54) is 25.7 Å². The van der Waals surface area contributed by atoms with Crippen LogP contribution in [0.1, 0.15) is 51.1 Å². The van der Waals surface area contributed by atoms with Crippen molar-refractivity contribution in [1.29, 1.82) is 0 Å². The molecule has 2 N–H and O–H groups in total. The predicted molar refractivity (Wildman–Crippen MR) is 78.8 cm³/mol. The van der Waals surface area contributed by atoms with Gasteiger partial charge in [0.1, 0.15) is 5.82 Å². The molecule has 1 aliphatic heterocycles. The van der Waals surface area contributed by atoms with Crippen LogP contribution in [0.4, 0.5) is 10.1 Å². The highest BCUT2D eigenvalue weighted by Gasteiger charge is 2.23. The molecule has 1 saturated heterocycles. The fourth-order valence-corrected chi connectivity index (χ4v) is 3.09. The number of anilines is 1. The molecule has 0 aliphatic carbocycles. The van der Waals surface area contributed by atoms with E-state index in [1.54, 1.807) is 12.1 Å². The van der Waals surface area contributed by atoms with E-state index in [-0.39, 0.29) is 11.9 Å². The lowest BCUT2D eigenvalue weighted by atomic mass is 9.91. The molecular formula is C16H25FN2. The third kappa shape index (κ3) is 3.27. The van der Waals surface area contributed by atoms with Crippen molar-refractivity contribution in [3.05, 3.63) is 29.6 Å². The van der Waals surface area contributed by atoms with Gasteiger partial charge in [0.2, 0.25) is 0 Å². The zero-order valence-corrected chi connectivity index (χ0v) is 12.0. The van der Waals surface area contributed by atoms with Crippen LogP contribution < -0.4 is 10.6 Å². The highest BCUT2D eigenvalue weighted by molar-refractivity contribution is 5.56. The molecule has 1 heterocycles. The van der Waals surface area contributed by atoms with Crippen LogP contribution in [0.2, 0.25) is 0 Å². The summed E-state index contributed by atoms with van der Waals surface area (Å²) >= 11 is 0. The molecule has 0 aromatic heterocycles. The van der Waals surface area contributed by atoms with Crippen molar-refractivity contribution in [3.63, 3.8) is 0 Å². The van der Waals surface area contributed by atoms with Gasteiger partial charge in [-0.15, -0.1) is 0 Å². The lowest BCUT2D eigenvalue weighted by Crippen LogP contribution is -2.35. The number of hydrogen-bond acceptors (Lipinski definition) is 2. The van der Waals surface area contributed by atoms with Gasteiger partial charge in [0.05, 0.1) is 5.69 Å². The maximum Gasteiger partial charge on any atom is 0.146 e. The molecule has 19 heavy (non-hydrogen) atoms. The Kier molecular flexibility index (Phi) is 4.81. The van der Waals surface area contributed by atoms with Crippen LogP contribution in [-0.2, 0) is 0 Å². The molecule has 1 aromatic carbocycles. The molecule has 2 rings (SSSR count). The van der Waals surface area contributed by atoms with Crippen LogP contribution in [0.3, 0.4) is 0 Å². The summed E-state index contributed by atoms with van der Waals surface area (Å²) in [6.07, 6.45) is 4.88. The van der Waals surface area contributed by atoms with E-state index in [0.717, 1.165) is 30.3 Å². The Balaban J connectivity index is 2.15. The third-order valence-electron chi connectivity index (χ3n) is 4.14. The first kappa shape index (κ1) is 14.3. The smallest absolute Gasteiger partial charge is 0.146 e. The van der Waals surface area contributed by atoms with Gasteiger partial charge in [0.15, 0.2) is 0 Å². The van der Waals surface area contributed by atoms with Gasteiger partial charge in [-0.2, -0.15) is 0 Å². The molecule has 1 fully saturated rings. The fraction of sp³-hybridized carbons (Fsp3) is 0.625. The number of hydrogen-bond donors (Lipinski definition) is 1. The SMILES string of the molecule is CCCC1CCN(c2c(F)cccc2C(C)N)CC1. The minimum Gasteiger partial charge on any atom is -0.369 e. The first-order valence-electron chi connectivity index (χ1n) is 7.42. The summed E-state index contributed by atoms with van der Waals surface area (Å²) in [6.45, 7) is 6.05. The van der Waals surface area contributed by atoms with E-state index in [9.17, 15) is 4.39 Å². The average Bonchev–Trinajstić information content (AvgIpc) is 2.40. The van der Waals surface area contributed by atoms with Crippen molar-refractivity contribution >= 4 is 5.69 Å². The highest BCUT2D eigenvalue weighted by atomic mass is 19.1. The summed E-state index contributed by atoms with van der Waals surface area (Å²) in [6, 6.07) is 5.11. The maximum atomic E-state index is 14.1. The molecule has 0 amide bonds. The standard InChI is InChI=1S/C16H25FN2/c1-3-5-13-8-10-19(11-9-13)16-14(12(2)18)6-4-7-15(16)17/h4,6-7,12-13H,3,5,8-11,18H2,1-2H3. The number of halogens is 1. The van der Waals surface area contributed by atoms with Gasteiger partial charge in [0.25, 0.3) is 0 Å². The molecule has 1 aromatic rings. The molecule has 0 spiro atoms. The zero-order valence-electron chi connectivity index (χ0n) is 12.0. The summed E-state index contributed by atoms with van der Waals surface area (Å²) in [5.41, 5.74) is 7.63. The van der Waals surface area contributed by atoms with Crippen LogP contribution in [0.5, 0.6) is 0 Å². The Bertz CT molecular complexity index is 409. The Hall–Kier alpha value is -1.09. The Morgan fingerprint density at radius 2 is 2.05 bits per heavy atom. The summed E-state index contributed by atoms with van der Waals surface area (Å²) in [4.78, 5) is 2.18. The summed E-state index contributed by atoms with van der Waals surface area (Å²) in [7, 11) is 0. The zero-order chi connectivity index (χ0) is 13.8. The molecule has 0 saturated carbocycles. The Morgan fingerprint density at radius 1 is 1.37 bits per heavy atom. The maximum absolute atomic E-state index is 14.1. The van der Waals surface area contributed by atoms with E-state index >= 15 is 0 Å². The van der Waals surface area contributed by atoms with E-state index in [1.807, 2.05) is 13.0 Å². The summed E-state index contributed by atoms with van der Waals surface area (Å²) in [5, 5.41) is 0. The van der Waals surface area contributed by atoms with Gasteiger partial charge in [-0.1, -0.05) is 31.9 Å². The van der Waals surface area contributed by atoms with Crippen molar-refractivity contribution in [2.24, 2.45) is 11.7 Å². The number of piperidine rings is 1. The van der Waals surface area contributed by atoms with Gasteiger partial charge in [0, 0.05) is 19.1 Å². The molecule has 0 radical (unpaired) electrons. The van der Waals surface area contributed by atoms with Crippen molar-refractivity contribution in [2.75, 3.05) is 18.0 Å². The van der Waals surface area contributed by atoms with Gasteiger partial charge in [-0.05, 0) is 37.3 Å². The largest absolute Gasteiger partial charge is 0.369 e. The van der Waals surface area contributed by atoms with Crippen LogP contribution in [0.15, 0.2) is 18.2 Å². The molecule has 1 unspecified atom stereocenters. The van der Waals surface area contributed by atoms with Crippen LogP contribution in [0, 0.1) is 11.7 Å². The van der Waals surface area contributed by atoms with Crippen molar-refractivity contribution in [3.8, 4) is 0 Å². The fourth-order valence-electron chi connectivity index (χ4n) is 3.09. The molecule has 0 bridgehead atoms. The number of nitrogens with two attached hydrogens (primary N) is 1. The molecule has 2 nitrogen and oxygen atoms in total. The van der Waals surface area contributed by atoms with Crippen molar-refractivity contribution in [2.45, 2.75) is 45.6 Å². The summed E-state index contributed by atoms with van der Waals surface area (Å²) in [5.74, 6) is 0.676. The second kappa shape index (κ2) is 6.38. The Morgan fingerprint density at radius 3 is 2.63 bits per heavy atom. The minimum absolute atomic E-state index is 0.126. The van der Waals surface area contributed by atoms with E-state index in [4.69, 9.17) is 5.73 Å². The quantitative estimate of drug-likeness (QED) is 0.894. The topological polar surface area (TPSA) is 29.3 Å². The number of benzene rings is 1. The third-order valence-corrected chi connectivity index (χ3v) is 4.14. The lowest BCUT2D eigenvalue weighted by molar-refractivity contribution is 0.376. The molecule has 3 heteroatoms. The van der Waals surface area contributed by atoms with Gasteiger partial charge in [-0.25, -0.2) is 4.39 Å². The van der Waals surface area contributed by atoms with E-state index < -0.39 is 0 Å². The second-order valence-corrected chi connectivity index (χ2v) is 5.69. The number of nitrogens with zero attached hydrogens (tertiary/aromatic N) is 1. The molecular weight excluding hydrogens is 239 g/mol. The minimum atomic E-state index is -0.135. The van der Waals surface area contributed by atoms with E-state index in [2.05, 4.69) is 11.8 Å². The molecule has 1 atom stereocenters. The Labute approximate surface area is 115 Å².